The van der Waals surface area contributed by atoms with Crippen LogP contribution in [0.15, 0.2) is 30.4 Å². The first-order valence-electron chi connectivity index (χ1n) is 8.45. The van der Waals surface area contributed by atoms with Gasteiger partial charge in [-0.05, 0) is 36.8 Å². The Morgan fingerprint density at radius 2 is 1.85 bits per heavy atom. The molecule has 0 spiro atoms. The topological polar surface area (TPSA) is 110 Å². The largest absolute Gasteiger partial charge is 0.319 e. The van der Waals surface area contributed by atoms with Crippen LogP contribution in [0.5, 0.6) is 0 Å². The van der Waals surface area contributed by atoms with E-state index in [1.807, 2.05) is 12.2 Å². The molecule has 1 heterocycles. The molecule has 4 rings (SSSR count). The van der Waals surface area contributed by atoms with Crippen molar-refractivity contribution < 1.29 is 19.3 Å². The monoisotopic (exact) mass is 355 g/mol. The first kappa shape index (κ1) is 16.4. The van der Waals surface area contributed by atoms with Crippen molar-refractivity contribution in [2.45, 2.75) is 13.3 Å². The van der Waals surface area contributed by atoms with Gasteiger partial charge < -0.3 is 5.32 Å². The van der Waals surface area contributed by atoms with Crippen LogP contribution in [0, 0.1) is 40.7 Å². The number of fused-ring (bicyclic) bond motifs is 5. The molecular formula is C18H17N3O5. The number of anilines is 1. The second-order valence-corrected chi connectivity index (χ2v) is 7.09. The van der Waals surface area contributed by atoms with Crippen LogP contribution >= 0.6 is 0 Å². The van der Waals surface area contributed by atoms with Crippen molar-refractivity contribution >= 4 is 29.1 Å². The van der Waals surface area contributed by atoms with Gasteiger partial charge in [-0.3, -0.25) is 29.4 Å². The highest BCUT2D eigenvalue weighted by Crippen LogP contribution is 2.52. The summed E-state index contributed by atoms with van der Waals surface area (Å²) in [6.45, 7) is 1.29. The van der Waals surface area contributed by atoms with Gasteiger partial charge in [0.2, 0.25) is 17.7 Å². The van der Waals surface area contributed by atoms with Gasteiger partial charge in [0.1, 0.15) is 12.2 Å². The molecule has 1 saturated carbocycles. The summed E-state index contributed by atoms with van der Waals surface area (Å²) in [6.07, 6.45) is 4.79. The lowest BCUT2D eigenvalue weighted by Gasteiger charge is -2.16. The van der Waals surface area contributed by atoms with Crippen molar-refractivity contribution in [2.75, 3.05) is 11.9 Å². The van der Waals surface area contributed by atoms with Gasteiger partial charge in [0, 0.05) is 6.07 Å². The zero-order chi connectivity index (χ0) is 18.6. The van der Waals surface area contributed by atoms with Crippen LogP contribution in [-0.2, 0) is 14.4 Å². The van der Waals surface area contributed by atoms with E-state index >= 15 is 0 Å². The number of allylic oxidation sites excluding steroid dienone is 2. The van der Waals surface area contributed by atoms with E-state index in [-0.39, 0.29) is 46.9 Å². The van der Waals surface area contributed by atoms with Crippen molar-refractivity contribution in [3.63, 3.8) is 0 Å². The van der Waals surface area contributed by atoms with Gasteiger partial charge in [0.25, 0.3) is 5.69 Å². The minimum Gasteiger partial charge on any atom is -0.319 e. The number of imide groups is 1. The maximum absolute atomic E-state index is 12.6. The number of nitrogens with zero attached hydrogens (tertiary/aromatic N) is 2. The Balaban J connectivity index is 1.49. The Morgan fingerprint density at radius 1 is 1.23 bits per heavy atom. The smallest absolute Gasteiger partial charge is 0.293 e. The van der Waals surface area contributed by atoms with E-state index in [1.54, 1.807) is 13.0 Å². The summed E-state index contributed by atoms with van der Waals surface area (Å²) in [6, 6.07) is 4.44. The number of hydrogen-bond acceptors (Lipinski definition) is 5. The van der Waals surface area contributed by atoms with Crippen molar-refractivity contribution in [3.05, 3.63) is 46.0 Å². The average Bonchev–Trinajstić information content (AvgIpc) is 3.26. The fourth-order valence-electron chi connectivity index (χ4n) is 4.35. The number of nitro benzene ring substituents is 1. The molecule has 1 aromatic rings. The molecule has 3 amide bonds. The van der Waals surface area contributed by atoms with Crippen LogP contribution in [0.2, 0.25) is 0 Å². The molecule has 1 N–H and O–H groups in total. The van der Waals surface area contributed by atoms with Gasteiger partial charge >= 0.3 is 0 Å². The molecule has 0 unspecified atom stereocenters. The SMILES string of the molecule is Cc1ccc(NC(=O)CN2C(=O)[C@@H]3[C@@H](C2=O)[C@H]2C=C[C@H]3C2)c([N+](=O)[O-])c1. The van der Waals surface area contributed by atoms with Gasteiger partial charge in [0.15, 0.2) is 0 Å². The van der Waals surface area contributed by atoms with E-state index in [0.29, 0.717) is 5.56 Å². The van der Waals surface area contributed by atoms with Crippen LogP contribution < -0.4 is 5.32 Å². The fourth-order valence-corrected chi connectivity index (χ4v) is 4.35. The predicted molar refractivity (Wildman–Crippen MR) is 90.9 cm³/mol. The number of amides is 3. The number of carbonyl (C=O) groups is 3. The van der Waals surface area contributed by atoms with Gasteiger partial charge in [-0.15, -0.1) is 0 Å². The molecule has 3 aliphatic rings. The Kier molecular flexibility index (Phi) is 3.64. The second-order valence-electron chi connectivity index (χ2n) is 7.09. The molecule has 2 aliphatic carbocycles. The molecule has 0 radical (unpaired) electrons. The van der Waals surface area contributed by atoms with Gasteiger partial charge in [-0.2, -0.15) is 0 Å². The second kappa shape index (κ2) is 5.76. The third kappa shape index (κ3) is 2.40. The minimum atomic E-state index is -0.626. The molecule has 4 atom stereocenters. The lowest BCUT2D eigenvalue weighted by atomic mass is 9.85. The molecule has 2 fully saturated rings. The molecule has 1 aromatic carbocycles. The van der Waals surface area contributed by atoms with Crippen LogP contribution in [0.3, 0.4) is 0 Å². The molecule has 1 saturated heterocycles. The first-order chi connectivity index (χ1) is 12.4. The summed E-state index contributed by atoms with van der Waals surface area (Å²) in [7, 11) is 0. The van der Waals surface area contributed by atoms with Crippen LogP contribution in [-0.4, -0.2) is 34.1 Å². The molecule has 1 aliphatic heterocycles. The minimum absolute atomic E-state index is 0.0478. The molecule has 8 heteroatoms. The van der Waals surface area contributed by atoms with Crippen molar-refractivity contribution in [1.82, 2.24) is 4.90 Å². The maximum Gasteiger partial charge on any atom is 0.293 e. The van der Waals surface area contributed by atoms with E-state index in [4.69, 9.17) is 0 Å². The summed E-state index contributed by atoms with van der Waals surface area (Å²) in [4.78, 5) is 49.0. The lowest BCUT2D eigenvalue weighted by molar-refractivity contribution is -0.384. The summed E-state index contributed by atoms with van der Waals surface area (Å²) >= 11 is 0. The van der Waals surface area contributed by atoms with E-state index in [9.17, 15) is 24.5 Å². The number of benzene rings is 1. The zero-order valence-electron chi connectivity index (χ0n) is 14.0. The third-order valence-corrected chi connectivity index (χ3v) is 5.49. The van der Waals surface area contributed by atoms with E-state index in [0.717, 1.165) is 11.3 Å². The Bertz CT molecular complexity index is 848. The normalized spacial score (nSPS) is 28.6. The van der Waals surface area contributed by atoms with Gasteiger partial charge in [0.05, 0.1) is 16.8 Å². The Labute approximate surface area is 149 Å². The van der Waals surface area contributed by atoms with Crippen molar-refractivity contribution in [1.29, 1.82) is 0 Å². The van der Waals surface area contributed by atoms with Crippen LogP contribution in [0.25, 0.3) is 0 Å². The summed E-state index contributed by atoms with van der Waals surface area (Å²) in [5.74, 6) is -1.83. The van der Waals surface area contributed by atoms with E-state index in [2.05, 4.69) is 5.32 Å². The highest BCUT2D eigenvalue weighted by Gasteiger charge is 2.59. The van der Waals surface area contributed by atoms with Crippen molar-refractivity contribution in [2.24, 2.45) is 23.7 Å². The number of nitrogens with one attached hydrogen (secondary N) is 1. The number of nitro groups is 1. The zero-order valence-corrected chi connectivity index (χ0v) is 14.0. The number of hydrogen-bond donors (Lipinski definition) is 1. The number of aryl methyl sites for hydroxylation is 1. The van der Waals surface area contributed by atoms with Crippen LogP contribution in [0.4, 0.5) is 11.4 Å². The van der Waals surface area contributed by atoms with Gasteiger partial charge in [-0.1, -0.05) is 18.2 Å². The number of rotatable bonds is 4. The molecule has 134 valence electrons. The first-order valence-corrected chi connectivity index (χ1v) is 8.45. The fraction of sp³-hybridized carbons (Fsp3) is 0.389. The third-order valence-electron chi connectivity index (χ3n) is 5.49. The molecule has 8 nitrogen and oxygen atoms in total. The average molecular weight is 355 g/mol. The summed E-state index contributed by atoms with van der Waals surface area (Å²) in [5.41, 5.74) is 0.513. The molecule has 26 heavy (non-hydrogen) atoms. The maximum atomic E-state index is 12.6. The lowest BCUT2D eigenvalue weighted by Crippen LogP contribution is -2.39. The highest BCUT2D eigenvalue weighted by molar-refractivity contribution is 6.09. The summed E-state index contributed by atoms with van der Waals surface area (Å²) < 4.78 is 0. The quantitative estimate of drug-likeness (QED) is 0.382. The molecular weight excluding hydrogens is 338 g/mol. The number of carbonyl (C=O) groups excluding carboxylic acids is 3. The summed E-state index contributed by atoms with van der Waals surface area (Å²) in [5, 5.41) is 13.6. The number of likely N-dealkylation sites (tertiary alicyclic amines) is 1. The van der Waals surface area contributed by atoms with Gasteiger partial charge in [-0.25, -0.2) is 0 Å². The van der Waals surface area contributed by atoms with E-state index < -0.39 is 17.4 Å². The molecule has 0 aromatic heterocycles. The Hall–Kier alpha value is -3.03. The van der Waals surface area contributed by atoms with Crippen molar-refractivity contribution in [3.8, 4) is 0 Å². The Morgan fingerprint density at radius 3 is 2.42 bits per heavy atom. The standard InChI is InChI=1S/C18H17N3O5/c1-9-2-5-12(13(6-9)21(25)26)19-14(22)8-20-17(23)15-10-3-4-11(7-10)16(15)18(20)24/h2-6,10-11,15-16H,7-8H2,1H3,(H,19,22)/t10-,11-,15-,16-/m0/s1. The van der Waals surface area contributed by atoms with E-state index in [1.165, 1.54) is 12.1 Å². The highest BCUT2D eigenvalue weighted by atomic mass is 16.6. The predicted octanol–water partition coefficient (Wildman–Crippen LogP) is 1.65. The van der Waals surface area contributed by atoms with Crippen LogP contribution in [0.1, 0.15) is 12.0 Å². The molecule has 2 bridgehead atoms.